The van der Waals surface area contributed by atoms with Gasteiger partial charge in [0.1, 0.15) is 0 Å². The Hall–Kier alpha value is -1.51. The highest BCUT2D eigenvalue weighted by atomic mass is 16.5. The lowest BCUT2D eigenvalue weighted by molar-refractivity contribution is 0.122. The number of hydrogen-bond acceptors (Lipinski definition) is 2. The van der Waals surface area contributed by atoms with Crippen molar-refractivity contribution < 1.29 is 9.53 Å². The maximum Gasteiger partial charge on any atom is 0.411 e. The van der Waals surface area contributed by atoms with Crippen LogP contribution in [0.1, 0.15) is 25.7 Å². The first-order valence-electron chi connectivity index (χ1n) is 6.80. The summed E-state index contributed by atoms with van der Waals surface area (Å²) < 4.78 is 5.33. The fraction of sp³-hybridized carbons (Fsp3) is 0.533. The molecule has 1 aromatic carbocycles. The van der Waals surface area contributed by atoms with Crippen LogP contribution in [-0.2, 0) is 4.74 Å². The second-order valence-electron chi connectivity index (χ2n) is 5.52. The van der Waals surface area contributed by atoms with Gasteiger partial charge in [-0.25, -0.2) is 4.79 Å². The number of amides is 1. The van der Waals surface area contributed by atoms with E-state index in [2.05, 4.69) is 5.32 Å². The lowest BCUT2D eigenvalue weighted by Crippen LogP contribution is -2.22. The lowest BCUT2D eigenvalue weighted by Gasteiger charge is -2.21. The van der Waals surface area contributed by atoms with Gasteiger partial charge in [-0.1, -0.05) is 24.6 Å². The minimum atomic E-state index is -0.330. The van der Waals surface area contributed by atoms with E-state index in [0.29, 0.717) is 12.5 Å². The average molecular weight is 245 g/mol. The van der Waals surface area contributed by atoms with Crippen LogP contribution in [0, 0.1) is 17.8 Å². The van der Waals surface area contributed by atoms with Crippen molar-refractivity contribution in [1.82, 2.24) is 0 Å². The van der Waals surface area contributed by atoms with Crippen LogP contribution in [-0.4, -0.2) is 12.7 Å². The standard InChI is InChI=1S/C15H19NO2/c17-15(16-14-4-2-1-3-5-14)18-10-13-9-11-6-7-12(13)8-11/h1-5,11-13H,6-10H2,(H,16,17)/t11-,12+,13+/m0/s1. The van der Waals surface area contributed by atoms with Crippen molar-refractivity contribution in [2.24, 2.45) is 17.8 Å². The summed E-state index contributed by atoms with van der Waals surface area (Å²) in [5, 5.41) is 2.75. The van der Waals surface area contributed by atoms with Crippen LogP contribution in [0.2, 0.25) is 0 Å². The van der Waals surface area contributed by atoms with Crippen LogP contribution >= 0.6 is 0 Å². The summed E-state index contributed by atoms with van der Waals surface area (Å²) in [6, 6.07) is 9.43. The minimum Gasteiger partial charge on any atom is -0.449 e. The zero-order valence-electron chi connectivity index (χ0n) is 10.5. The van der Waals surface area contributed by atoms with E-state index in [-0.39, 0.29) is 6.09 Å². The van der Waals surface area contributed by atoms with E-state index in [9.17, 15) is 4.79 Å². The van der Waals surface area contributed by atoms with Crippen molar-refractivity contribution in [3.05, 3.63) is 30.3 Å². The molecule has 3 heteroatoms. The Bertz CT molecular complexity index is 418. The number of para-hydroxylation sites is 1. The summed E-state index contributed by atoms with van der Waals surface area (Å²) in [6.45, 7) is 0.583. The smallest absolute Gasteiger partial charge is 0.411 e. The van der Waals surface area contributed by atoms with Gasteiger partial charge in [0.25, 0.3) is 0 Å². The van der Waals surface area contributed by atoms with Crippen LogP contribution in [0.4, 0.5) is 10.5 Å². The molecule has 1 aromatic rings. The van der Waals surface area contributed by atoms with Gasteiger partial charge in [0.2, 0.25) is 0 Å². The summed E-state index contributed by atoms with van der Waals surface area (Å²) >= 11 is 0. The van der Waals surface area contributed by atoms with Crippen LogP contribution in [0.3, 0.4) is 0 Å². The van der Waals surface area contributed by atoms with E-state index in [1.807, 2.05) is 30.3 Å². The van der Waals surface area contributed by atoms with Crippen molar-refractivity contribution in [3.63, 3.8) is 0 Å². The molecule has 18 heavy (non-hydrogen) atoms. The summed E-state index contributed by atoms with van der Waals surface area (Å²) in [5.74, 6) is 2.31. The zero-order valence-corrected chi connectivity index (χ0v) is 10.5. The predicted octanol–water partition coefficient (Wildman–Crippen LogP) is 3.67. The highest BCUT2D eigenvalue weighted by Gasteiger charge is 2.39. The van der Waals surface area contributed by atoms with Crippen LogP contribution in [0.15, 0.2) is 30.3 Å². The quantitative estimate of drug-likeness (QED) is 0.882. The van der Waals surface area contributed by atoms with Crippen molar-refractivity contribution in [2.75, 3.05) is 11.9 Å². The number of fused-ring (bicyclic) bond motifs is 2. The van der Waals surface area contributed by atoms with Gasteiger partial charge < -0.3 is 4.74 Å². The van der Waals surface area contributed by atoms with E-state index in [0.717, 1.165) is 17.5 Å². The Balaban J connectivity index is 1.45. The average Bonchev–Trinajstić information content (AvgIpc) is 3.00. The Morgan fingerprint density at radius 1 is 1.22 bits per heavy atom. The molecular weight excluding hydrogens is 226 g/mol. The molecule has 3 nitrogen and oxygen atoms in total. The van der Waals surface area contributed by atoms with Crippen molar-refractivity contribution >= 4 is 11.8 Å². The van der Waals surface area contributed by atoms with Crippen LogP contribution < -0.4 is 5.32 Å². The first-order valence-corrected chi connectivity index (χ1v) is 6.80. The fourth-order valence-corrected chi connectivity index (χ4v) is 3.44. The summed E-state index contributed by atoms with van der Waals surface area (Å²) in [6.07, 6.45) is 5.00. The molecule has 96 valence electrons. The van der Waals surface area contributed by atoms with Gasteiger partial charge in [-0.2, -0.15) is 0 Å². The van der Waals surface area contributed by atoms with Gasteiger partial charge in [-0.15, -0.1) is 0 Å². The highest BCUT2D eigenvalue weighted by molar-refractivity contribution is 5.84. The lowest BCUT2D eigenvalue weighted by atomic mass is 9.90. The summed E-state index contributed by atoms with van der Waals surface area (Å²) in [7, 11) is 0. The number of carbonyl (C=O) groups is 1. The van der Waals surface area contributed by atoms with Crippen LogP contribution in [0.25, 0.3) is 0 Å². The minimum absolute atomic E-state index is 0.330. The van der Waals surface area contributed by atoms with E-state index in [1.54, 1.807) is 0 Å². The molecular formula is C15H19NO2. The van der Waals surface area contributed by atoms with Gasteiger partial charge in [-0.3, -0.25) is 5.32 Å². The molecule has 0 heterocycles. The number of rotatable bonds is 3. The van der Waals surface area contributed by atoms with E-state index >= 15 is 0 Å². The molecule has 3 atom stereocenters. The molecule has 2 fully saturated rings. The van der Waals surface area contributed by atoms with Gasteiger partial charge in [0.05, 0.1) is 6.61 Å². The maximum atomic E-state index is 11.6. The number of carbonyl (C=O) groups excluding carboxylic acids is 1. The zero-order chi connectivity index (χ0) is 12.4. The number of hydrogen-bond donors (Lipinski definition) is 1. The maximum absolute atomic E-state index is 11.6. The molecule has 0 radical (unpaired) electrons. The fourth-order valence-electron chi connectivity index (χ4n) is 3.44. The molecule has 3 rings (SSSR count). The predicted molar refractivity (Wildman–Crippen MR) is 70.4 cm³/mol. The van der Waals surface area contributed by atoms with Crippen molar-refractivity contribution in [2.45, 2.75) is 25.7 Å². The molecule has 0 unspecified atom stereocenters. The number of nitrogens with one attached hydrogen (secondary N) is 1. The molecule has 0 aromatic heterocycles. The molecule has 0 aliphatic heterocycles. The second kappa shape index (κ2) is 5.01. The van der Waals surface area contributed by atoms with Crippen molar-refractivity contribution in [1.29, 1.82) is 0 Å². The Morgan fingerprint density at radius 3 is 2.72 bits per heavy atom. The summed E-state index contributed by atoms with van der Waals surface area (Å²) in [4.78, 5) is 11.6. The third-order valence-corrected chi connectivity index (χ3v) is 4.33. The molecule has 0 saturated heterocycles. The van der Waals surface area contributed by atoms with Gasteiger partial charge in [-0.05, 0) is 49.1 Å². The SMILES string of the molecule is O=C(Nc1ccccc1)OC[C@H]1C[C@H]2CC[C@@H]1C2. The third-order valence-electron chi connectivity index (χ3n) is 4.33. The number of ether oxygens (including phenoxy) is 1. The Morgan fingerprint density at radius 2 is 2.06 bits per heavy atom. The molecule has 2 bridgehead atoms. The number of benzene rings is 1. The highest BCUT2D eigenvalue weighted by Crippen LogP contribution is 2.48. The summed E-state index contributed by atoms with van der Waals surface area (Å²) in [5.41, 5.74) is 0.787. The molecule has 0 spiro atoms. The molecule has 2 aliphatic carbocycles. The third kappa shape index (κ3) is 2.50. The Kier molecular flexibility index (Phi) is 3.22. The van der Waals surface area contributed by atoms with Gasteiger partial charge in [0, 0.05) is 5.69 Å². The normalized spacial score (nSPS) is 29.2. The van der Waals surface area contributed by atoms with Crippen molar-refractivity contribution in [3.8, 4) is 0 Å². The molecule has 1 amide bonds. The Labute approximate surface area is 108 Å². The first kappa shape index (κ1) is 11.6. The number of anilines is 1. The van der Waals surface area contributed by atoms with Gasteiger partial charge >= 0.3 is 6.09 Å². The van der Waals surface area contributed by atoms with E-state index in [1.165, 1.54) is 25.7 Å². The largest absolute Gasteiger partial charge is 0.449 e. The van der Waals surface area contributed by atoms with Gasteiger partial charge in [0.15, 0.2) is 0 Å². The second-order valence-corrected chi connectivity index (χ2v) is 5.52. The van der Waals surface area contributed by atoms with E-state index < -0.39 is 0 Å². The monoisotopic (exact) mass is 245 g/mol. The molecule has 2 saturated carbocycles. The van der Waals surface area contributed by atoms with Crippen LogP contribution in [0.5, 0.6) is 0 Å². The van der Waals surface area contributed by atoms with E-state index in [4.69, 9.17) is 4.74 Å². The topological polar surface area (TPSA) is 38.3 Å². The first-order chi connectivity index (χ1) is 8.81. The molecule has 2 aliphatic rings. The molecule has 1 N–H and O–H groups in total.